The highest BCUT2D eigenvalue weighted by atomic mass is 16.3. The molecule has 2 rings (SSSR count). The Balaban J connectivity index is 2.01. The van der Waals surface area contributed by atoms with Crippen LogP contribution in [0.3, 0.4) is 0 Å². The number of tetrazole rings is 1. The van der Waals surface area contributed by atoms with E-state index in [1.165, 1.54) is 12.1 Å². The molecule has 1 aromatic carbocycles. The Morgan fingerprint density at radius 3 is 2.94 bits per heavy atom. The number of aromatic nitrogens is 4. The number of nitrogens with zero attached hydrogens (tertiary/aromatic N) is 3. The summed E-state index contributed by atoms with van der Waals surface area (Å²) < 4.78 is 0. The van der Waals surface area contributed by atoms with Crippen LogP contribution in [0.4, 0.5) is 0 Å². The molecule has 0 saturated heterocycles. The molecule has 0 spiro atoms. The molecule has 3 N–H and O–H groups in total. The fraction of sp³-hybridized carbons (Fsp3) is 0.111. The molecule has 0 radical (unpaired) electrons. The van der Waals surface area contributed by atoms with E-state index in [0.29, 0.717) is 5.82 Å². The van der Waals surface area contributed by atoms with Crippen LogP contribution in [0.1, 0.15) is 16.2 Å². The zero-order chi connectivity index (χ0) is 11.4. The van der Waals surface area contributed by atoms with E-state index in [-0.39, 0.29) is 23.8 Å². The molecule has 7 nitrogen and oxygen atoms in total. The van der Waals surface area contributed by atoms with Gasteiger partial charge >= 0.3 is 0 Å². The molecule has 0 atom stereocenters. The van der Waals surface area contributed by atoms with E-state index >= 15 is 0 Å². The first-order chi connectivity index (χ1) is 7.77. The van der Waals surface area contributed by atoms with Gasteiger partial charge in [-0.25, -0.2) is 0 Å². The molecule has 1 aromatic heterocycles. The quantitative estimate of drug-likeness (QED) is 0.665. The van der Waals surface area contributed by atoms with Crippen LogP contribution in [-0.2, 0) is 6.54 Å². The summed E-state index contributed by atoms with van der Waals surface area (Å²) in [5.41, 5.74) is 0.214. The van der Waals surface area contributed by atoms with Crippen molar-refractivity contribution in [1.29, 1.82) is 0 Å². The van der Waals surface area contributed by atoms with E-state index in [1.807, 2.05) is 0 Å². The van der Waals surface area contributed by atoms with Gasteiger partial charge in [-0.15, -0.1) is 10.2 Å². The number of aromatic hydroxyl groups is 1. The summed E-state index contributed by atoms with van der Waals surface area (Å²) >= 11 is 0. The van der Waals surface area contributed by atoms with Gasteiger partial charge in [0.2, 0.25) is 0 Å². The molecule has 0 fully saturated rings. The van der Waals surface area contributed by atoms with Crippen molar-refractivity contribution >= 4 is 5.91 Å². The first kappa shape index (κ1) is 10.1. The van der Waals surface area contributed by atoms with Crippen LogP contribution in [0.15, 0.2) is 24.3 Å². The third-order valence-corrected chi connectivity index (χ3v) is 1.94. The van der Waals surface area contributed by atoms with E-state index < -0.39 is 0 Å². The van der Waals surface area contributed by atoms with Crippen LogP contribution in [0.25, 0.3) is 0 Å². The van der Waals surface area contributed by atoms with E-state index in [1.54, 1.807) is 12.1 Å². The average molecular weight is 219 g/mol. The second-order valence-corrected chi connectivity index (χ2v) is 3.03. The third-order valence-electron chi connectivity index (χ3n) is 1.94. The Kier molecular flexibility index (Phi) is 2.77. The van der Waals surface area contributed by atoms with Crippen LogP contribution < -0.4 is 5.32 Å². The Morgan fingerprint density at radius 1 is 1.44 bits per heavy atom. The van der Waals surface area contributed by atoms with Crippen LogP contribution in [0.5, 0.6) is 5.75 Å². The van der Waals surface area contributed by atoms with Gasteiger partial charge in [0.05, 0.1) is 12.1 Å². The standard InChI is InChI=1S/C9H9N5O2/c15-7-4-2-1-3-6(7)9(16)10-5-8-11-13-14-12-8/h1-4,15H,5H2,(H,10,16)(H,11,12,13,14). The summed E-state index contributed by atoms with van der Waals surface area (Å²) in [4.78, 5) is 11.6. The minimum Gasteiger partial charge on any atom is -0.507 e. The van der Waals surface area contributed by atoms with Gasteiger partial charge in [-0.2, -0.15) is 5.21 Å². The van der Waals surface area contributed by atoms with E-state index in [9.17, 15) is 9.90 Å². The molecule has 2 aromatic rings. The largest absolute Gasteiger partial charge is 0.507 e. The van der Waals surface area contributed by atoms with Gasteiger partial charge in [0, 0.05) is 0 Å². The first-order valence-corrected chi connectivity index (χ1v) is 4.56. The number of rotatable bonds is 3. The Labute approximate surface area is 90.5 Å². The number of H-pyrrole nitrogens is 1. The number of carbonyl (C=O) groups is 1. The molecule has 0 aliphatic heterocycles. The molecule has 16 heavy (non-hydrogen) atoms. The number of nitrogens with one attached hydrogen (secondary N) is 2. The van der Waals surface area contributed by atoms with Crippen molar-refractivity contribution in [2.75, 3.05) is 0 Å². The number of amides is 1. The van der Waals surface area contributed by atoms with Gasteiger partial charge in [0.1, 0.15) is 5.75 Å². The van der Waals surface area contributed by atoms with Gasteiger partial charge in [-0.05, 0) is 12.1 Å². The number of hydrogen-bond donors (Lipinski definition) is 3. The average Bonchev–Trinajstić information content (AvgIpc) is 2.79. The van der Waals surface area contributed by atoms with Crippen molar-refractivity contribution < 1.29 is 9.90 Å². The fourth-order valence-corrected chi connectivity index (χ4v) is 1.18. The van der Waals surface area contributed by atoms with Crippen molar-refractivity contribution in [1.82, 2.24) is 25.9 Å². The molecular weight excluding hydrogens is 210 g/mol. The van der Waals surface area contributed by atoms with Crippen molar-refractivity contribution in [3.63, 3.8) is 0 Å². The lowest BCUT2D eigenvalue weighted by molar-refractivity contribution is 0.0947. The summed E-state index contributed by atoms with van der Waals surface area (Å²) in [7, 11) is 0. The lowest BCUT2D eigenvalue weighted by Gasteiger charge is -2.03. The fourth-order valence-electron chi connectivity index (χ4n) is 1.18. The van der Waals surface area contributed by atoms with Gasteiger partial charge in [0.25, 0.3) is 5.91 Å². The molecule has 1 heterocycles. The summed E-state index contributed by atoms with van der Waals surface area (Å²) in [6.07, 6.45) is 0. The summed E-state index contributed by atoms with van der Waals surface area (Å²) in [5.74, 6) is -0.0696. The minimum absolute atomic E-state index is 0.0619. The van der Waals surface area contributed by atoms with Gasteiger partial charge in [-0.1, -0.05) is 17.3 Å². The lowest BCUT2D eigenvalue weighted by atomic mass is 10.2. The predicted molar refractivity (Wildman–Crippen MR) is 53.5 cm³/mol. The summed E-state index contributed by atoms with van der Waals surface area (Å²) in [5, 5.41) is 25.0. The van der Waals surface area contributed by atoms with Gasteiger partial charge in [0.15, 0.2) is 5.82 Å². The topological polar surface area (TPSA) is 104 Å². The molecule has 7 heteroatoms. The van der Waals surface area contributed by atoms with Crippen molar-refractivity contribution in [2.24, 2.45) is 0 Å². The highest BCUT2D eigenvalue weighted by Gasteiger charge is 2.10. The number of aromatic amines is 1. The Hall–Kier alpha value is -2.44. The van der Waals surface area contributed by atoms with E-state index in [2.05, 4.69) is 25.9 Å². The third kappa shape index (κ3) is 2.14. The van der Waals surface area contributed by atoms with E-state index in [0.717, 1.165) is 0 Å². The number of para-hydroxylation sites is 1. The highest BCUT2D eigenvalue weighted by molar-refractivity contribution is 5.96. The van der Waals surface area contributed by atoms with Crippen LogP contribution >= 0.6 is 0 Å². The second kappa shape index (κ2) is 4.39. The van der Waals surface area contributed by atoms with Crippen LogP contribution in [0, 0.1) is 0 Å². The minimum atomic E-state index is -0.386. The molecule has 0 aliphatic rings. The Bertz CT molecular complexity index is 482. The molecule has 0 unspecified atom stereocenters. The summed E-state index contributed by atoms with van der Waals surface area (Å²) in [6.45, 7) is 0.156. The zero-order valence-electron chi connectivity index (χ0n) is 8.21. The van der Waals surface area contributed by atoms with Crippen molar-refractivity contribution in [3.8, 4) is 5.75 Å². The number of phenols is 1. The number of hydrogen-bond acceptors (Lipinski definition) is 5. The highest BCUT2D eigenvalue weighted by Crippen LogP contribution is 2.14. The van der Waals surface area contributed by atoms with Crippen molar-refractivity contribution in [2.45, 2.75) is 6.54 Å². The lowest BCUT2D eigenvalue weighted by Crippen LogP contribution is -2.23. The molecule has 0 bridgehead atoms. The number of carbonyl (C=O) groups excluding carboxylic acids is 1. The zero-order valence-corrected chi connectivity index (χ0v) is 8.21. The maximum absolute atomic E-state index is 11.6. The predicted octanol–water partition coefficient (Wildman–Crippen LogP) is -0.165. The number of benzene rings is 1. The van der Waals surface area contributed by atoms with Crippen LogP contribution in [-0.4, -0.2) is 31.6 Å². The SMILES string of the molecule is O=C(NCc1nn[nH]n1)c1ccccc1O. The molecule has 82 valence electrons. The van der Waals surface area contributed by atoms with Crippen molar-refractivity contribution in [3.05, 3.63) is 35.7 Å². The molecule has 1 amide bonds. The molecule has 0 aliphatic carbocycles. The van der Waals surface area contributed by atoms with Crippen LogP contribution in [0.2, 0.25) is 0 Å². The maximum Gasteiger partial charge on any atom is 0.255 e. The second-order valence-electron chi connectivity index (χ2n) is 3.03. The summed E-state index contributed by atoms with van der Waals surface area (Å²) in [6, 6.07) is 6.29. The number of phenolic OH excluding ortho intramolecular Hbond substituents is 1. The van der Waals surface area contributed by atoms with Gasteiger partial charge in [-0.3, -0.25) is 4.79 Å². The molecule has 0 saturated carbocycles. The maximum atomic E-state index is 11.6. The first-order valence-electron chi connectivity index (χ1n) is 4.56. The monoisotopic (exact) mass is 219 g/mol. The normalized spacial score (nSPS) is 10.0. The smallest absolute Gasteiger partial charge is 0.255 e. The van der Waals surface area contributed by atoms with E-state index in [4.69, 9.17) is 0 Å². The Morgan fingerprint density at radius 2 is 2.25 bits per heavy atom. The van der Waals surface area contributed by atoms with Gasteiger partial charge < -0.3 is 10.4 Å². The molecular formula is C9H9N5O2.